The fourth-order valence-corrected chi connectivity index (χ4v) is 4.99. The number of nitrogens with zero attached hydrogens (tertiary/aromatic N) is 4. The van der Waals surface area contributed by atoms with Gasteiger partial charge in [-0.1, -0.05) is 6.07 Å². The second kappa shape index (κ2) is 13.3. The van der Waals surface area contributed by atoms with Crippen molar-refractivity contribution in [3.63, 3.8) is 0 Å². The summed E-state index contributed by atoms with van der Waals surface area (Å²) < 4.78 is 43.6. The van der Waals surface area contributed by atoms with Crippen LogP contribution in [0.1, 0.15) is 45.6 Å². The minimum absolute atomic E-state index is 0.00189. The molecule has 1 aliphatic rings. The van der Waals surface area contributed by atoms with Gasteiger partial charge < -0.3 is 20.9 Å². The molecule has 4 rings (SSSR count). The van der Waals surface area contributed by atoms with Crippen molar-refractivity contribution in [2.24, 2.45) is 7.05 Å². The Morgan fingerprint density at radius 2 is 1.83 bits per heavy atom. The number of hydrogen-bond acceptors (Lipinski definition) is 7. The van der Waals surface area contributed by atoms with E-state index in [1.54, 1.807) is 41.1 Å². The third-order valence-corrected chi connectivity index (χ3v) is 7.55. The smallest absolute Gasteiger partial charge is 0.386 e. The van der Waals surface area contributed by atoms with Crippen molar-refractivity contribution in [2.75, 3.05) is 55.9 Å². The fraction of sp³-hybridized carbons (Fsp3) is 0.400. The molecule has 1 aliphatic heterocycles. The van der Waals surface area contributed by atoms with E-state index in [-0.39, 0.29) is 11.4 Å². The average Bonchev–Trinajstić information content (AvgIpc) is 3.60. The quantitative estimate of drug-likeness (QED) is 0.237. The van der Waals surface area contributed by atoms with Crippen molar-refractivity contribution >= 4 is 28.7 Å². The molecule has 1 fully saturated rings. The first-order valence-corrected chi connectivity index (χ1v) is 14.0. The molecule has 0 atom stereocenters. The largest absolute Gasteiger partial charge is 0.418 e. The summed E-state index contributed by atoms with van der Waals surface area (Å²) in [5.41, 5.74) is 6.96. The summed E-state index contributed by atoms with van der Waals surface area (Å²) in [6.45, 7) is 6.92. The van der Waals surface area contributed by atoms with Crippen LogP contribution in [0.25, 0.3) is 5.70 Å². The van der Waals surface area contributed by atoms with Crippen LogP contribution in [0, 0.1) is 13.8 Å². The lowest BCUT2D eigenvalue weighted by molar-refractivity contribution is -0.136. The molecule has 4 N–H and O–H groups in total. The summed E-state index contributed by atoms with van der Waals surface area (Å²) in [4.78, 5) is 15.4. The molecule has 42 heavy (non-hydrogen) atoms. The van der Waals surface area contributed by atoms with Crippen molar-refractivity contribution in [1.29, 1.82) is 0 Å². The third-order valence-electron chi connectivity index (χ3n) is 7.55. The van der Waals surface area contributed by atoms with Crippen LogP contribution >= 0.6 is 0 Å². The number of rotatable bonds is 11. The second-order valence-electron chi connectivity index (χ2n) is 10.3. The number of likely N-dealkylation sites (tertiary alicyclic amines) is 1. The van der Waals surface area contributed by atoms with E-state index < -0.39 is 17.6 Å². The second-order valence-corrected chi connectivity index (χ2v) is 10.3. The topological polar surface area (TPSA) is 89.5 Å². The first kappa shape index (κ1) is 30.9. The first-order chi connectivity index (χ1) is 20.0. The normalized spacial score (nSPS) is 14.2. The van der Waals surface area contributed by atoms with Gasteiger partial charge in [-0.15, -0.1) is 0 Å². The highest BCUT2D eigenvalue weighted by Gasteiger charge is 2.34. The maximum Gasteiger partial charge on any atom is 0.418 e. The molecule has 0 radical (unpaired) electrons. The van der Waals surface area contributed by atoms with Crippen LogP contribution in [0.2, 0.25) is 0 Å². The number of hydrogen-bond donors (Lipinski definition) is 4. The Labute approximate surface area is 244 Å². The molecule has 1 aromatic heterocycles. The summed E-state index contributed by atoms with van der Waals surface area (Å²) in [5, 5.41) is 14.8. The Bertz CT molecular complexity index is 1430. The Balaban J connectivity index is 1.54. The third kappa shape index (κ3) is 7.24. The van der Waals surface area contributed by atoms with E-state index in [0.717, 1.165) is 54.5 Å². The number of halogens is 3. The van der Waals surface area contributed by atoms with Gasteiger partial charge in [-0.05, 0) is 75.7 Å². The maximum atomic E-state index is 13.9. The first-order valence-electron chi connectivity index (χ1n) is 14.0. The van der Waals surface area contributed by atoms with Crippen LogP contribution in [0.15, 0.2) is 48.8 Å². The molecule has 0 saturated carbocycles. The summed E-state index contributed by atoms with van der Waals surface area (Å²) in [6.07, 6.45) is 1.29. The predicted molar refractivity (Wildman–Crippen MR) is 161 cm³/mol. The van der Waals surface area contributed by atoms with E-state index in [2.05, 4.69) is 31.4 Å². The molecule has 1 amide bonds. The molecule has 12 heteroatoms. The molecule has 1 saturated heterocycles. The van der Waals surface area contributed by atoms with Crippen LogP contribution in [0.4, 0.5) is 30.2 Å². The van der Waals surface area contributed by atoms with Gasteiger partial charge in [0, 0.05) is 68.6 Å². The molecular weight excluding hydrogens is 545 g/mol. The number of amides is 1. The van der Waals surface area contributed by atoms with Gasteiger partial charge in [-0.25, -0.2) is 5.43 Å². The van der Waals surface area contributed by atoms with Gasteiger partial charge in [0.1, 0.15) is 0 Å². The lowest BCUT2D eigenvalue weighted by Crippen LogP contribution is -2.32. The lowest BCUT2D eigenvalue weighted by atomic mass is 10.1. The van der Waals surface area contributed by atoms with Crippen molar-refractivity contribution in [2.45, 2.75) is 32.9 Å². The zero-order chi connectivity index (χ0) is 30.4. The van der Waals surface area contributed by atoms with Crippen molar-refractivity contribution in [3.8, 4) is 0 Å². The number of anilines is 3. The zero-order valence-electron chi connectivity index (χ0n) is 24.7. The number of aromatic nitrogens is 2. The van der Waals surface area contributed by atoms with Gasteiger partial charge in [0.05, 0.1) is 23.1 Å². The van der Waals surface area contributed by atoms with E-state index in [4.69, 9.17) is 0 Å². The van der Waals surface area contributed by atoms with Gasteiger partial charge in [-0.2, -0.15) is 18.3 Å². The molecule has 226 valence electrons. The fourth-order valence-electron chi connectivity index (χ4n) is 4.99. The number of benzene rings is 2. The van der Waals surface area contributed by atoms with Crippen LogP contribution in [0.3, 0.4) is 0 Å². The summed E-state index contributed by atoms with van der Waals surface area (Å²) in [5.74, 6) is -0.518. The number of aryl methyl sites for hydroxylation is 2. The van der Waals surface area contributed by atoms with E-state index in [1.165, 1.54) is 12.1 Å². The molecule has 2 aromatic carbocycles. The lowest BCUT2D eigenvalue weighted by Gasteiger charge is -2.24. The zero-order valence-corrected chi connectivity index (χ0v) is 24.7. The number of nitrogens with one attached hydrogen (secondary N) is 4. The maximum absolute atomic E-state index is 13.9. The Kier molecular flexibility index (Phi) is 9.79. The Hall–Kier alpha value is -4.03. The summed E-state index contributed by atoms with van der Waals surface area (Å²) in [7, 11) is 5.43. The molecule has 9 nitrogen and oxygen atoms in total. The monoisotopic (exact) mass is 584 g/mol. The van der Waals surface area contributed by atoms with Gasteiger partial charge in [0.2, 0.25) is 0 Å². The predicted octanol–water partition coefficient (Wildman–Crippen LogP) is 4.97. The minimum Gasteiger partial charge on any atom is -0.386 e. The van der Waals surface area contributed by atoms with Crippen LogP contribution in [-0.4, -0.2) is 60.9 Å². The number of hydrazine groups is 1. The molecule has 0 spiro atoms. The minimum atomic E-state index is -4.58. The van der Waals surface area contributed by atoms with Gasteiger partial charge in [-0.3, -0.25) is 14.5 Å². The van der Waals surface area contributed by atoms with Crippen LogP contribution in [-0.2, 0) is 13.2 Å². The molecule has 2 heterocycles. The van der Waals surface area contributed by atoms with Crippen molar-refractivity contribution in [1.82, 2.24) is 25.4 Å². The Morgan fingerprint density at radius 1 is 1.10 bits per heavy atom. The van der Waals surface area contributed by atoms with Gasteiger partial charge in [0.15, 0.2) is 0 Å². The summed E-state index contributed by atoms with van der Waals surface area (Å²) in [6, 6.07) is 8.97. The van der Waals surface area contributed by atoms with Gasteiger partial charge >= 0.3 is 6.18 Å². The number of carbonyl (C=O) groups is 1. The van der Waals surface area contributed by atoms with E-state index in [1.807, 2.05) is 34.1 Å². The standard InChI is InChI=1S/C30H39F3N8O/c1-20-8-9-22(16-28(20)41(35-4)19-27(34-3)24-18-37-39(5)21(24)2)29(42)38-23-10-11-26(25(17-23)30(31,32)33)36-12-15-40-13-6-7-14-40/h8-11,16-19,34-36H,6-7,12-15H2,1-5H3,(H,38,42)/b27-19-. The molecule has 0 bridgehead atoms. The van der Waals surface area contributed by atoms with Crippen molar-refractivity contribution in [3.05, 3.63) is 76.7 Å². The van der Waals surface area contributed by atoms with E-state index in [9.17, 15) is 18.0 Å². The van der Waals surface area contributed by atoms with Crippen LogP contribution < -0.4 is 26.4 Å². The molecular formula is C30H39F3N8O. The molecule has 3 aromatic rings. The molecule has 0 aliphatic carbocycles. The Morgan fingerprint density at radius 3 is 2.45 bits per heavy atom. The molecule has 0 unspecified atom stereocenters. The van der Waals surface area contributed by atoms with Crippen molar-refractivity contribution < 1.29 is 18.0 Å². The highest BCUT2D eigenvalue weighted by molar-refractivity contribution is 6.05. The highest BCUT2D eigenvalue weighted by atomic mass is 19.4. The van der Waals surface area contributed by atoms with E-state index >= 15 is 0 Å². The average molecular weight is 585 g/mol. The number of carbonyl (C=O) groups excluding carboxylic acids is 1. The highest BCUT2D eigenvalue weighted by Crippen LogP contribution is 2.37. The van der Waals surface area contributed by atoms with Gasteiger partial charge in [0.25, 0.3) is 5.91 Å². The van der Waals surface area contributed by atoms with E-state index in [0.29, 0.717) is 24.3 Å². The van der Waals surface area contributed by atoms with Crippen LogP contribution in [0.5, 0.6) is 0 Å². The number of alkyl halides is 3. The summed E-state index contributed by atoms with van der Waals surface area (Å²) >= 11 is 0. The SMILES string of the molecule is CN/C(=C\N(NC)c1cc(C(=O)Nc2ccc(NCCN3CCCC3)c(C(F)(F)F)c2)ccc1C)c1cnn(C)c1C.